The monoisotopic (exact) mass is 467 g/mol. The van der Waals surface area contributed by atoms with Gasteiger partial charge in [0.05, 0.1) is 18.6 Å². The van der Waals surface area contributed by atoms with E-state index < -0.39 is 10.0 Å². The number of ether oxygens (including phenoxy) is 2. The Bertz CT molecular complexity index is 861. The Balaban J connectivity index is 1.56. The molecule has 180 valence electrons. The molecule has 0 radical (unpaired) electrons. The molecule has 2 fully saturated rings. The number of hydrogen-bond donors (Lipinski definition) is 1. The topological polar surface area (TPSA) is 88.2 Å². The van der Waals surface area contributed by atoms with E-state index in [1.54, 1.807) is 37.4 Å². The Hall–Kier alpha value is -1.68. The predicted molar refractivity (Wildman–Crippen MR) is 124 cm³/mol. The molecule has 2 heterocycles. The third-order valence-electron chi connectivity index (χ3n) is 6.30. The summed E-state index contributed by atoms with van der Waals surface area (Å²) in [6.07, 6.45) is 4.95. The lowest BCUT2D eigenvalue weighted by atomic mass is 10.1. The minimum Gasteiger partial charge on any atom is -0.497 e. The highest BCUT2D eigenvalue weighted by atomic mass is 32.2. The second-order valence-electron chi connectivity index (χ2n) is 8.77. The molecule has 1 N–H and O–H groups in total. The summed E-state index contributed by atoms with van der Waals surface area (Å²) in [6, 6.07) is 3.23. The first kappa shape index (κ1) is 25.0. The third kappa shape index (κ3) is 6.21. The van der Waals surface area contributed by atoms with Gasteiger partial charge < -0.3 is 19.7 Å². The molecule has 0 spiro atoms. The van der Waals surface area contributed by atoms with Crippen molar-refractivity contribution in [2.24, 2.45) is 0 Å². The number of methoxy groups -OCH3 is 1. The van der Waals surface area contributed by atoms with Gasteiger partial charge in [-0.3, -0.25) is 4.79 Å². The van der Waals surface area contributed by atoms with Crippen molar-refractivity contribution in [1.82, 2.24) is 14.5 Å². The smallest absolute Gasteiger partial charge is 0.246 e. The van der Waals surface area contributed by atoms with Crippen LogP contribution in [0.2, 0.25) is 0 Å². The van der Waals surface area contributed by atoms with Crippen molar-refractivity contribution in [2.45, 2.75) is 56.9 Å². The van der Waals surface area contributed by atoms with Crippen molar-refractivity contribution in [3.05, 3.63) is 23.3 Å². The molecule has 2 saturated heterocycles. The number of aryl methyl sites for hydroxylation is 2. The average Bonchev–Trinajstić information content (AvgIpc) is 3.27. The summed E-state index contributed by atoms with van der Waals surface area (Å²) < 4.78 is 39.6. The lowest BCUT2D eigenvalue weighted by Crippen LogP contribution is -2.46. The second kappa shape index (κ2) is 11.4. The lowest BCUT2D eigenvalue weighted by molar-refractivity contribution is -0.126. The third-order valence-corrected chi connectivity index (χ3v) is 8.56. The van der Waals surface area contributed by atoms with Crippen LogP contribution in [0, 0.1) is 13.8 Å². The van der Waals surface area contributed by atoms with Gasteiger partial charge in [-0.25, -0.2) is 8.42 Å². The first-order valence-corrected chi connectivity index (χ1v) is 13.0. The highest BCUT2D eigenvalue weighted by Crippen LogP contribution is 2.31. The van der Waals surface area contributed by atoms with Gasteiger partial charge >= 0.3 is 0 Å². The molecule has 0 bridgehead atoms. The van der Waals surface area contributed by atoms with Crippen LogP contribution in [-0.4, -0.2) is 82.6 Å². The molecule has 32 heavy (non-hydrogen) atoms. The summed E-state index contributed by atoms with van der Waals surface area (Å²) in [5, 5.41) is 2.89. The number of hydrogen-bond acceptors (Lipinski definition) is 6. The van der Waals surface area contributed by atoms with Gasteiger partial charge in [-0.05, 0) is 75.9 Å². The highest BCUT2D eigenvalue weighted by molar-refractivity contribution is 7.89. The number of nitrogens with one attached hydrogen (secondary N) is 1. The van der Waals surface area contributed by atoms with Crippen molar-refractivity contribution < 1.29 is 22.7 Å². The number of piperidine rings is 1. The standard InChI is InChI=1S/C23H37N3O5S/c1-18-14-21(30-3)15-19(2)23(18)32(28,29)26-12-5-4-8-20(26)16-31-17-22(27)24-9-13-25-10-6-7-11-25/h14-15,20H,4-13,16-17H2,1-3H3,(H,24,27). The van der Waals surface area contributed by atoms with E-state index >= 15 is 0 Å². The first-order valence-electron chi connectivity index (χ1n) is 11.6. The van der Waals surface area contributed by atoms with Gasteiger partial charge in [-0.2, -0.15) is 4.31 Å². The lowest BCUT2D eigenvalue weighted by Gasteiger charge is -2.35. The summed E-state index contributed by atoms with van der Waals surface area (Å²) in [5.41, 5.74) is 1.34. The minimum atomic E-state index is -3.68. The normalized spacial score (nSPS) is 20.4. The molecule has 1 aromatic rings. The molecule has 1 unspecified atom stereocenters. The SMILES string of the molecule is COc1cc(C)c(S(=O)(=O)N2CCCCC2COCC(=O)NCCN2CCCC2)c(C)c1. The molecular formula is C23H37N3O5S. The van der Waals surface area contributed by atoms with E-state index in [0.29, 0.717) is 34.9 Å². The Kier molecular flexibility index (Phi) is 8.93. The fourth-order valence-electron chi connectivity index (χ4n) is 4.71. The molecular weight excluding hydrogens is 430 g/mol. The van der Waals surface area contributed by atoms with E-state index in [1.807, 2.05) is 0 Å². The van der Waals surface area contributed by atoms with Crippen molar-refractivity contribution >= 4 is 15.9 Å². The van der Waals surface area contributed by atoms with Crippen LogP contribution in [0.5, 0.6) is 5.75 Å². The number of benzene rings is 1. The predicted octanol–water partition coefficient (Wildman–Crippen LogP) is 2.08. The second-order valence-corrected chi connectivity index (χ2v) is 10.6. The van der Waals surface area contributed by atoms with Crippen LogP contribution >= 0.6 is 0 Å². The fourth-order valence-corrected chi connectivity index (χ4v) is 6.80. The van der Waals surface area contributed by atoms with Gasteiger partial charge in [0.25, 0.3) is 0 Å². The largest absolute Gasteiger partial charge is 0.497 e. The van der Waals surface area contributed by atoms with Gasteiger partial charge in [-0.15, -0.1) is 0 Å². The molecule has 9 heteroatoms. The zero-order chi connectivity index (χ0) is 23.1. The van der Waals surface area contributed by atoms with Gasteiger partial charge in [0.1, 0.15) is 12.4 Å². The van der Waals surface area contributed by atoms with Crippen molar-refractivity contribution in [3.63, 3.8) is 0 Å². The summed E-state index contributed by atoms with van der Waals surface area (Å²) >= 11 is 0. The quantitative estimate of drug-likeness (QED) is 0.567. The Morgan fingerprint density at radius 3 is 2.41 bits per heavy atom. The Labute approximate surface area is 192 Å². The molecule has 1 aromatic carbocycles. The van der Waals surface area contributed by atoms with E-state index in [2.05, 4.69) is 10.2 Å². The van der Waals surface area contributed by atoms with E-state index in [1.165, 1.54) is 12.8 Å². The number of likely N-dealkylation sites (tertiary alicyclic amines) is 1. The Morgan fingerprint density at radius 2 is 1.75 bits per heavy atom. The zero-order valence-corrected chi connectivity index (χ0v) is 20.4. The summed E-state index contributed by atoms with van der Waals surface area (Å²) in [4.78, 5) is 14.8. The van der Waals surface area contributed by atoms with Crippen molar-refractivity contribution in [2.75, 3.05) is 53.0 Å². The number of amides is 1. The van der Waals surface area contributed by atoms with Crippen LogP contribution in [0.15, 0.2) is 17.0 Å². The summed E-state index contributed by atoms with van der Waals surface area (Å²) in [7, 11) is -2.11. The van der Waals surface area contributed by atoms with Gasteiger partial charge in [0.15, 0.2) is 0 Å². The van der Waals surface area contributed by atoms with E-state index in [9.17, 15) is 13.2 Å². The van der Waals surface area contributed by atoms with Gasteiger partial charge in [0, 0.05) is 25.7 Å². The van der Waals surface area contributed by atoms with Crippen LogP contribution in [0.25, 0.3) is 0 Å². The summed E-state index contributed by atoms with van der Waals surface area (Å²) in [5.74, 6) is 0.490. The molecule has 8 nitrogen and oxygen atoms in total. The number of carbonyl (C=O) groups is 1. The van der Waals surface area contributed by atoms with Crippen molar-refractivity contribution in [3.8, 4) is 5.75 Å². The minimum absolute atomic E-state index is 0.0506. The molecule has 0 aromatic heterocycles. The first-order chi connectivity index (χ1) is 15.3. The molecule has 2 aliphatic rings. The number of sulfonamides is 1. The maximum Gasteiger partial charge on any atom is 0.246 e. The van der Waals surface area contributed by atoms with E-state index in [0.717, 1.165) is 38.9 Å². The Morgan fingerprint density at radius 1 is 1.09 bits per heavy atom. The van der Waals surface area contributed by atoms with Gasteiger partial charge in [0.2, 0.25) is 15.9 Å². The number of nitrogens with zero attached hydrogens (tertiary/aromatic N) is 2. The molecule has 1 atom stereocenters. The molecule has 3 rings (SSSR count). The van der Waals surface area contributed by atoms with E-state index in [4.69, 9.17) is 9.47 Å². The number of carbonyl (C=O) groups excluding carboxylic acids is 1. The number of rotatable bonds is 10. The molecule has 0 saturated carbocycles. The van der Waals surface area contributed by atoms with Crippen LogP contribution in [-0.2, 0) is 19.6 Å². The maximum atomic E-state index is 13.5. The van der Waals surface area contributed by atoms with Crippen LogP contribution < -0.4 is 10.1 Å². The molecule has 1 amide bonds. The van der Waals surface area contributed by atoms with Crippen LogP contribution in [0.3, 0.4) is 0 Å². The highest BCUT2D eigenvalue weighted by Gasteiger charge is 2.35. The van der Waals surface area contributed by atoms with Crippen LogP contribution in [0.4, 0.5) is 0 Å². The average molecular weight is 468 g/mol. The maximum absolute atomic E-state index is 13.5. The zero-order valence-electron chi connectivity index (χ0n) is 19.6. The molecule has 0 aliphatic carbocycles. The molecule has 2 aliphatic heterocycles. The van der Waals surface area contributed by atoms with Crippen LogP contribution in [0.1, 0.15) is 43.2 Å². The van der Waals surface area contributed by atoms with Crippen molar-refractivity contribution in [1.29, 1.82) is 0 Å². The summed E-state index contributed by atoms with van der Waals surface area (Å²) in [6.45, 7) is 7.90. The van der Waals surface area contributed by atoms with Gasteiger partial charge in [-0.1, -0.05) is 6.42 Å². The van der Waals surface area contributed by atoms with E-state index in [-0.39, 0.29) is 25.2 Å². The fraction of sp³-hybridized carbons (Fsp3) is 0.696.